The molecule has 3 N–H and O–H groups in total. The molecule has 0 saturated heterocycles. The summed E-state index contributed by atoms with van der Waals surface area (Å²) in [7, 11) is -1.33. The molecule has 2 aromatic rings. The fraction of sp³-hybridized carbons (Fsp3) is 0.500. The van der Waals surface area contributed by atoms with Crippen molar-refractivity contribution < 1.29 is 8.60 Å². The van der Waals surface area contributed by atoms with Crippen LogP contribution in [-0.4, -0.2) is 13.9 Å². The van der Waals surface area contributed by atoms with Crippen LogP contribution in [0.15, 0.2) is 36.5 Å². The van der Waals surface area contributed by atoms with Crippen LogP contribution in [0.25, 0.3) is 0 Å². The maximum absolute atomic E-state index is 13.9. The van der Waals surface area contributed by atoms with Gasteiger partial charge in [-0.2, -0.15) is 0 Å². The SMILES string of the molecule is Cc1cc(C(CCC2CC2)(NS(=O)C(C)(C)C)c2ccc(F)c(N)c2)ccn1. The van der Waals surface area contributed by atoms with Gasteiger partial charge in [-0.25, -0.2) is 13.3 Å². The second-order valence-electron chi connectivity index (χ2n) is 8.79. The van der Waals surface area contributed by atoms with Crippen molar-refractivity contribution in [1.82, 2.24) is 9.71 Å². The third-order valence-electron chi connectivity index (χ3n) is 5.33. The number of hydrogen-bond acceptors (Lipinski definition) is 3. The molecule has 4 nitrogen and oxygen atoms in total. The number of aryl methyl sites for hydroxylation is 1. The predicted octanol–water partition coefficient (Wildman–Crippen LogP) is 4.60. The van der Waals surface area contributed by atoms with E-state index in [1.54, 1.807) is 18.3 Å². The van der Waals surface area contributed by atoms with Crippen LogP contribution in [0.1, 0.15) is 63.3 Å². The molecule has 2 unspecified atom stereocenters. The molecule has 2 atom stereocenters. The van der Waals surface area contributed by atoms with Crippen LogP contribution in [0.3, 0.4) is 0 Å². The molecule has 0 spiro atoms. The van der Waals surface area contributed by atoms with Gasteiger partial charge in [0, 0.05) is 11.9 Å². The lowest BCUT2D eigenvalue weighted by molar-refractivity contribution is 0.414. The van der Waals surface area contributed by atoms with E-state index in [1.165, 1.54) is 18.9 Å². The van der Waals surface area contributed by atoms with Crippen LogP contribution in [0, 0.1) is 18.7 Å². The van der Waals surface area contributed by atoms with E-state index < -0.39 is 27.1 Å². The minimum absolute atomic E-state index is 0.0995. The summed E-state index contributed by atoms with van der Waals surface area (Å²) in [5, 5.41) is 0. The lowest BCUT2D eigenvalue weighted by Crippen LogP contribution is -2.49. The van der Waals surface area contributed by atoms with Crippen LogP contribution in [0.2, 0.25) is 0 Å². The molecule has 28 heavy (non-hydrogen) atoms. The molecular formula is C22H30FN3OS. The third kappa shape index (κ3) is 4.61. The van der Waals surface area contributed by atoms with E-state index in [0.717, 1.165) is 29.7 Å². The Morgan fingerprint density at radius 3 is 2.46 bits per heavy atom. The fourth-order valence-electron chi connectivity index (χ4n) is 3.38. The number of pyridine rings is 1. The van der Waals surface area contributed by atoms with Crippen molar-refractivity contribution in [3.63, 3.8) is 0 Å². The van der Waals surface area contributed by atoms with Crippen molar-refractivity contribution in [3.05, 3.63) is 59.2 Å². The monoisotopic (exact) mass is 403 g/mol. The molecule has 6 heteroatoms. The largest absolute Gasteiger partial charge is 0.396 e. The van der Waals surface area contributed by atoms with Crippen molar-refractivity contribution in [1.29, 1.82) is 0 Å². The lowest BCUT2D eigenvalue weighted by Gasteiger charge is -2.38. The molecule has 0 aliphatic heterocycles. The van der Waals surface area contributed by atoms with E-state index in [-0.39, 0.29) is 5.69 Å². The summed E-state index contributed by atoms with van der Waals surface area (Å²) in [5.41, 5.74) is 7.98. The highest BCUT2D eigenvalue weighted by Crippen LogP contribution is 2.42. The molecule has 3 rings (SSSR count). The fourth-order valence-corrected chi connectivity index (χ4v) is 4.34. The number of nitrogens with zero attached hydrogens (tertiary/aromatic N) is 1. The van der Waals surface area contributed by atoms with Gasteiger partial charge >= 0.3 is 0 Å². The number of anilines is 1. The molecular weight excluding hydrogens is 373 g/mol. The summed E-state index contributed by atoms with van der Waals surface area (Å²) in [4.78, 5) is 4.33. The maximum Gasteiger partial charge on any atom is 0.146 e. The van der Waals surface area contributed by atoms with E-state index in [9.17, 15) is 8.60 Å². The minimum atomic E-state index is -1.33. The second-order valence-corrected chi connectivity index (χ2v) is 10.8. The zero-order valence-corrected chi connectivity index (χ0v) is 17.9. The van der Waals surface area contributed by atoms with Crippen molar-refractivity contribution >= 4 is 16.7 Å². The molecule has 1 aliphatic carbocycles. The Morgan fingerprint density at radius 1 is 1.21 bits per heavy atom. The first kappa shape index (κ1) is 20.9. The molecule has 152 valence electrons. The van der Waals surface area contributed by atoms with Crippen LogP contribution in [0.5, 0.6) is 0 Å². The van der Waals surface area contributed by atoms with E-state index in [2.05, 4.69) is 9.71 Å². The number of nitrogens with one attached hydrogen (secondary N) is 1. The number of nitrogens with two attached hydrogens (primary N) is 1. The summed E-state index contributed by atoms with van der Waals surface area (Å²) in [5.74, 6) is 0.257. The molecule has 1 fully saturated rings. The smallest absolute Gasteiger partial charge is 0.146 e. The third-order valence-corrected chi connectivity index (χ3v) is 6.97. The van der Waals surface area contributed by atoms with Crippen LogP contribution < -0.4 is 10.5 Å². The zero-order valence-electron chi connectivity index (χ0n) is 17.1. The van der Waals surface area contributed by atoms with E-state index >= 15 is 0 Å². The number of hydrogen-bond donors (Lipinski definition) is 2. The number of rotatable bonds is 7. The second kappa shape index (κ2) is 7.91. The molecule has 1 aliphatic rings. The van der Waals surface area contributed by atoms with Gasteiger partial charge in [-0.3, -0.25) is 4.98 Å². The Bertz CT molecular complexity index is 876. The molecule has 0 radical (unpaired) electrons. The van der Waals surface area contributed by atoms with Gasteiger partial charge in [-0.05, 0) is 81.8 Å². The highest BCUT2D eigenvalue weighted by Gasteiger charge is 2.40. The maximum atomic E-state index is 13.9. The predicted molar refractivity (Wildman–Crippen MR) is 114 cm³/mol. The molecule has 0 amide bonds. The van der Waals surface area contributed by atoms with Crippen LogP contribution in [0.4, 0.5) is 10.1 Å². The Morgan fingerprint density at radius 2 is 1.89 bits per heavy atom. The van der Waals surface area contributed by atoms with Gasteiger partial charge in [-0.15, -0.1) is 0 Å². The van der Waals surface area contributed by atoms with Gasteiger partial charge in [0.1, 0.15) is 5.82 Å². The molecule has 0 bridgehead atoms. The molecule has 1 aromatic heterocycles. The van der Waals surface area contributed by atoms with E-state index in [1.807, 2.05) is 39.8 Å². The van der Waals surface area contributed by atoms with E-state index in [4.69, 9.17) is 5.73 Å². The molecule has 1 heterocycles. The first-order chi connectivity index (χ1) is 13.1. The Hall–Kier alpha value is -1.79. The summed E-state index contributed by atoms with van der Waals surface area (Å²) in [6.45, 7) is 7.77. The molecule has 1 saturated carbocycles. The average molecular weight is 404 g/mol. The van der Waals surface area contributed by atoms with Gasteiger partial charge < -0.3 is 5.73 Å². The van der Waals surface area contributed by atoms with Crippen LogP contribution in [-0.2, 0) is 16.5 Å². The first-order valence-electron chi connectivity index (χ1n) is 9.80. The topological polar surface area (TPSA) is 68.0 Å². The number of benzene rings is 1. The van der Waals surface area contributed by atoms with Crippen molar-refractivity contribution in [3.8, 4) is 0 Å². The Balaban J connectivity index is 2.16. The summed E-state index contributed by atoms with van der Waals surface area (Å²) < 4.78 is 30.1. The first-order valence-corrected chi connectivity index (χ1v) is 10.9. The van der Waals surface area contributed by atoms with Crippen molar-refractivity contribution in [2.24, 2.45) is 5.92 Å². The Labute approximate surface area is 169 Å². The van der Waals surface area contributed by atoms with Gasteiger partial charge in [0.15, 0.2) is 0 Å². The van der Waals surface area contributed by atoms with Gasteiger partial charge in [0.2, 0.25) is 0 Å². The quantitative estimate of drug-likeness (QED) is 0.664. The highest BCUT2D eigenvalue weighted by molar-refractivity contribution is 7.84. The highest BCUT2D eigenvalue weighted by atomic mass is 32.2. The number of aromatic nitrogens is 1. The summed E-state index contributed by atoms with van der Waals surface area (Å²) in [6.07, 6.45) is 6.00. The van der Waals surface area contributed by atoms with Gasteiger partial charge in [0.05, 0.1) is 27.0 Å². The van der Waals surface area contributed by atoms with Crippen molar-refractivity contribution in [2.45, 2.75) is 63.7 Å². The lowest BCUT2D eigenvalue weighted by atomic mass is 9.79. The average Bonchev–Trinajstić information content (AvgIpc) is 3.44. The zero-order chi connectivity index (χ0) is 20.5. The summed E-state index contributed by atoms with van der Waals surface area (Å²) >= 11 is 0. The minimum Gasteiger partial charge on any atom is -0.396 e. The summed E-state index contributed by atoms with van der Waals surface area (Å²) in [6, 6.07) is 8.78. The van der Waals surface area contributed by atoms with Crippen molar-refractivity contribution in [2.75, 3.05) is 5.73 Å². The number of nitrogen functional groups attached to an aromatic ring is 1. The Kier molecular flexibility index (Phi) is 5.92. The normalized spacial score (nSPS) is 17.9. The molecule has 1 aromatic carbocycles. The van der Waals surface area contributed by atoms with Gasteiger partial charge in [0.25, 0.3) is 0 Å². The standard InChI is InChI=1S/C22H30FN3OS/c1-15-13-18(10-12-25-15)22(11-9-16-5-6-16,26-28(27)21(2,3)4)17-7-8-19(23)20(24)14-17/h7-8,10,12-14,16,26H,5-6,9,11,24H2,1-4H3. The van der Waals surface area contributed by atoms with E-state index in [0.29, 0.717) is 5.92 Å². The number of halogens is 1. The van der Waals surface area contributed by atoms with Gasteiger partial charge in [-0.1, -0.05) is 18.9 Å². The van der Waals surface area contributed by atoms with Crippen LogP contribution >= 0.6 is 0 Å².